The van der Waals surface area contributed by atoms with E-state index in [0.29, 0.717) is 0 Å². The lowest BCUT2D eigenvalue weighted by atomic mass is 9.80. The molecule has 46 heavy (non-hydrogen) atoms. The monoisotopic (exact) mass is 645 g/mol. The molecule has 2 heterocycles. The Balaban J connectivity index is 1.66. The second-order valence-corrected chi connectivity index (χ2v) is 13.5. The summed E-state index contributed by atoms with van der Waals surface area (Å²) in [7, 11) is -4.00. The minimum Gasteiger partial charge on any atom is -0.475 e. The molecule has 11 heteroatoms. The molecule has 2 atom stereocenters. The summed E-state index contributed by atoms with van der Waals surface area (Å²) in [5.41, 5.74) is 4.20. The summed E-state index contributed by atoms with van der Waals surface area (Å²) in [5.74, 6) is 0.00188. The van der Waals surface area contributed by atoms with Crippen LogP contribution in [0.1, 0.15) is 50.8 Å². The highest BCUT2D eigenvalue weighted by atomic mass is 31.2. The van der Waals surface area contributed by atoms with E-state index in [9.17, 15) is 14.5 Å². The number of aliphatic hydroxyl groups is 1. The molecule has 0 unspecified atom stereocenters. The van der Waals surface area contributed by atoms with Gasteiger partial charge in [0.05, 0.1) is 18.8 Å². The molecule has 4 aromatic rings. The summed E-state index contributed by atoms with van der Waals surface area (Å²) >= 11 is 0. The van der Waals surface area contributed by atoms with E-state index in [1.807, 2.05) is 91.0 Å². The summed E-state index contributed by atoms with van der Waals surface area (Å²) in [6.07, 6.45) is 0.387. The van der Waals surface area contributed by atoms with Crippen molar-refractivity contribution in [3.63, 3.8) is 0 Å². The van der Waals surface area contributed by atoms with Gasteiger partial charge in [-0.1, -0.05) is 91.0 Å². The van der Waals surface area contributed by atoms with Crippen LogP contribution >= 0.6 is 7.60 Å². The van der Waals surface area contributed by atoms with Gasteiger partial charge in [0.2, 0.25) is 5.50 Å². The van der Waals surface area contributed by atoms with Gasteiger partial charge < -0.3 is 29.4 Å². The third-order valence-electron chi connectivity index (χ3n) is 7.56. The number of hydrogen-bond acceptors (Lipinski definition) is 9. The van der Waals surface area contributed by atoms with Gasteiger partial charge in [-0.3, -0.25) is 9.13 Å². The van der Waals surface area contributed by atoms with Crippen molar-refractivity contribution in [3.8, 4) is 0 Å². The zero-order valence-corrected chi connectivity index (χ0v) is 27.2. The maximum Gasteiger partial charge on any atom is 0.395 e. The number of nitrogen functional groups attached to an aromatic ring is 1. The molecule has 242 valence electrons. The molecule has 0 aliphatic carbocycles. The molecule has 10 nitrogen and oxygen atoms in total. The minimum absolute atomic E-state index is 0.00188. The molecular weight excluding hydrogens is 605 g/mol. The first kappa shape index (κ1) is 33.3. The Labute approximate surface area is 269 Å². The number of nitrogens with zero attached hydrogens (tertiary/aromatic N) is 2. The minimum atomic E-state index is -4.00. The number of anilines is 1. The molecule has 0 spiro atoms. The van der Waals surface area contributed by atoms with Crippen LogP contribution in [-0.4, -0.2) is 39.6 Å². The van der Waals surface area contributed by atoms with Crippen molar-refractivity contribution < 1.29 is 28.2 Å². The van der Waals surface area contributed by atoms with Crippen LogP contribution < -0.4 is 11.4 Å². The van der Waals surface area contributed by atoms with Crippen LogP contribution in [0, 0.1) is 0 Å². The second-order valence-electron chi connectivity index (χ2n) is 11.6. The van der Waals surface area contributed by atoms with Gasteiger partial charge in [-0.15, -0.1) is 0 Å². The van der Waals surface area contributed by atoms with Crippen molar-refractivity contribution in [2.75, 3.05) is 12.3 Å². The van der Waals surface area contributed by atoms with Crippen LogP contribution in [0.2, 0.25) is 0 Å². The van der Waals surface area contributed by atoms with E-state index < -0.39 is 42.9 Å². The van der Waals surface area contributed by atoms with Crippen molar-refractivity contribution in [2.24, 2.45) is 0 Å². The molecular formula is C35H40N3O7P. The van der Waals surface area contributed by atoms with E-state index in [0.717, 1.165) is 21.3 Å². The molecule has 1 aliphatic heterocycles. The number of nitrogens with two attached hydrogens (primary N) is 1. The van der Waals surface area contributed by atoms with Gasteiger partial charge in [-0.05, 0) is 56.5 Å². The van der Waals surface area contributed by atoms with E-state index in [2.05, 4.69) is 4.98 Å². The van der Waals surface area contributed by atoms with E-state index in [-0.39, 0.29) is 24.3 Å². The van der Waals surface area contributed by atoms with Crippen molar-refractivity contribution in [3.05, 3.63) is 142 Å². The first-order valence-corrected chi connectivity index (χ1v) is 16.7. The average Bonchev–Trinajstić information content (AvgIpc) is 3.03. The normalized spacial score (nSPS) is 18.8. The van der Waals surface area contributed by atoms with Crippen LogP contribution in [0.4, 0.5) is 5.82 Å². The standard InChI is InChI=1S/C35H40N3O7P/c1-25(2)44-46(41,45-26(3)4)32-20-22-34(40,38-23-21-31(36)37-33(38)39)30(43-32)24-42-35(27-14-8-5-9-15-27,28-16-10-6-11-17-28)29-18-12-7-13-19-29/h5-21,23,25-26,30,40H,22,24H2,1-4H3,(H2,36,37,39)/t30-,34-/m1/s1. The Morgan fingerprint density at radius 1 is 0.913 bits per heavy atom. The number of aromatic nitrogens is 2. The van der Waals surface area contributed by atoms with E-state index in [1.165, 1.54) is 18.3 Å². The third-order valence-corrected chi connectivity index (χ3v) is 9.79. The lowest BCUT2D eigenvalue weighted by Crippen LogP contribution is -2.55. The summed E-state index contributed by atoms with van der Waals surface area (Å²) < 4.78 is 40.3. The summed E-state index contributed by atoms with van der Waals surface area (Å²) in [6.45, 7) is 6.69. The van der Waals surface area contributed by atoms with Crippen LogP contribution in [0.15, 0.2) is 120 Å². The van der Waals surface area contributed by atoms with Crippen LogP contribution in [0.3, 0.4) is 0 Å². The van der Waals surface area contributed by atoms with Gasteiger partial charge in [-0.2, -0.15) is 4.98 Å². The predicted molar refractivity (Wildman–Crippen MR) is 176 cm³/mol. The van der Waals surface area contributed by atoms with Crippen LogP contribution in [-0.2, 0) is 34.4 Å². The highest BCUT2D eigenvalue weighted by Gasteiger charge is 2.50. The molecule has 0 saturated heterocycles. The lowest BCUT2D eigenvalue weighted by molar-refractivity contribution is -0.184. The fourth-order valence-electron chi connectivity index (χ4n) is 5.62. The Bertz CT molecular complexity index is 1640. The number of ether oxygens (including phenoxy) is 2. The van der Waals surface area contributed by atoms with Gasteiger partial charge in [0, 0.05) is 12.6 Å². The smallest absolute Gasteiger partial charge is 0.395 e. The Kier molecular flexibility index (Phi) is 9.96. The molecule has 3 N–H and O–H groups in total. The quantitative estimate of drug-likeness (QED) is 0.137. The van der Waals surface area contributed by atoms with E-state index in [4.69, 9.17) is 24.3 Å². The largest absolute Gasteiger partial charge is 0.475 e. The highest BCUT2D eigenvalue weighted by Crippen LogP contribution is 2.60. The molecule has 3 aromatic carbocycles. The fraction of sp³-hybridized carbons (Fsp3) is 0.314. The van der Waals surface area contributed by atoms with Crippen molar-refractivity contribution in [1.29, 1.82) is 0 Å². The maximum atomic E-state index is 14.2. The third kappa shape index (κ3) is 6.72. The summed E-state index contributed by atoms with van der Waals surface area (Å²) in [5, 5.41) is 12.3. The molecule has 1 aliphatic rings. The first-order valence-electron chi connectivity index (χ1n) is 15.2. The Morgan fingerprint density at radius 2 is 1.39 bits per heavy atom. The number of hydrogen-bond donors (Lipinski definition) is 2. The molecule has 5 rings (SSSR count). The topological polar surface area (TPSA) is 135 Å². The molecule has 0 amide bonds. The first-order chi connectivity index (χ1) is 22.0. The van der Waals surface area contributed by atoms with Crippen molar-refractivity contribution >= 4 is 13.4 Å². The van der Waals surface area contributed by atoms with Gasteiger partial charge in [-0.25, -0.2) is 4.79 Å². The molecule has 0 fully saturated rings. The summed E-state index contributed by atoms with van der Waals surface area (Å²) in [6, 6.07) is 30.5. The zero-order valence-electron chi connectivity index (χ0n) is 26.4. The zero-order chi connectivity index (χ0) is 33.0. The van der Waals surface area contributed by atoms with Gasteiger partial charge in [0.25, 0.3) is 0 Å². The van der Waals surface area contributed by atoms with E-state index in [1.54, 1.807) is 27.7 Å². The lowest BCUT2D eigenvalue weighted by Gasteiger charge is -2.43. The van der Waals surface area contributed by atoms with Crippen molar-refractivity contribution in [2.45, 2.75) is 63.8 Å². The Hall–Kier alpha value is -4.05. The second kappa shape index (κ2) is 13.7. The molecule has 0 saturated carbocycles. The fourth-order valence-corrected chi connectivity index (χ4v) is 7.56. The van der Waals surface area contributed by atoms with Gasteiger partial charge in [0.15, 0.2) is 11.8 Å². The highest BCUT2D eigenvalue weighted by molar-refractivity contribution is 7.58. The molecule has 0 bridgehead atoms. The van der Waals surface area contributed by atoms with Crippen LogP contribution in [0.5, 0.6) is 0 Å². The van der Waals surface area contributed by atoms with Gasteiger partial charge in [0.1, 0.15) is 11.4 Å². The van der Waals surface area contributed by atoms with Gasteiger partial charge >= 0.3 is 13.3 Å². The van der Waals surface area contributed by atoms with E-state index >= 15 is 0 Å². The molecule has 0 radical (unpaired) electrons. The maximum absolute atomic E-state index is 14.2. The Morgan fingerprint density at radius 3 is 1.83 bits per heavy atom. The summed E-state index contributed by atoms with van der Waals surface area (Å²) in [4.78, 5) is 16.9. The van der Waals surface area contributed by atoms with Crippen molar-refractivity contribution in [1.82, 2.24) is 9.55 Å². The molecule has 1 aromatic heterocycles. The number of rotatable bonds is 12. The number of benzene rings is 3. The predicted octanol–water partition coefficient (Wildman–Crippen LogP) is 6.15. The van der Waals surface area contributed by atoms with Crippen LogP contribution in [0.25, 0.3) is 0 Å². The average molecular weight is 646 g/mol. The SMILES string of the molecule is CC(C)OP(=O)(OC(C)C)C1=CC[C@](O)(n2ccc(N)nc2=O)[C@@H](COC(c2ccccc2)(c2ccccc2)c2ccccc2)O1.